The number of anilines is 2. The predicted molar refractivity (Wildman–Crippen MR) is 73.6 cm³/mol. The Balaban J connectivity index is 2.87. The number of hydrogen-bond acceptors (Lipinski definition) is 5. The summed E-state index contributed by atoms with van der Waals surface area (Å²) in [6, 6.07) is 5.30. The predicted octanol–water partition coefficient (Wildman–Crippen LogP) is -0.319. The van der Waals surface area contributed by atoms with Crippen molar-refractivity contribution in [1.82, 2.24) is 4.98 Å². The molecule has 0 unspecified atom stereocenters. The van der Waals surface area contributed by atoms with Gasteiger partial charge < -0.3 is 21.7 Å². The summed E-state index contributed by atoms with van der Waals surface area (Å²) in [5.41, 5.74) is 10.3. The van der Waals surface area contributed by atoms with Gasteiger partial charge in [-0.05, 0) is 18.6 Å². The lowest BCUT2D eigenvalue weighted by Gasteiger charge is -2.21. The Labute approximate surface area is 112 Å². The highest BCUT2D eigenvalue weighted by Gasteiger charge is 2.13. The van der Waals surface area contributed by atoms with Crippen LogP contribution >= 0.6 is 0 Å². The summed E-state index contributed by atoms with van der Waals surface area (Å²) in [6.07, 6.45) is 0.970. The van der Waals surface area contributed by atoms with Gasteiger partial charge in [-0.25, -0.2) is 4.98 Å². The van der Waals surface area contributed by atoms with Crippen molar-refractivity contribution < 1.29 is 9.59 Å². The number of nitrogens with zero attached hydrogens (tertiary/aromatic N) is 2. The van der Waals surface area contributed by atoms with Gasteiger partial charge in [-0.2, -0.15) is 0 Å². The highest BCUT2D eigenvalue weighted by Crippen LogP contribution is 2.13. The van der Waals surface area contributed by atoms with E-state index in [0.29, 0.717) is 11.6 Å². The van der Waals surface area contributed by atoms with Gasteiger partial charge in [0.15, 0.2) is 0 Å². The average molecular weight is 265 g/mol. The summed E-state index contributed by atoms with van der Waals surface area (Å²) in [5.74, 6) is 0.0712. The maximum Gasteiger partial charge on any atom is 0.237 e. The third-order valence-electron chi connectivity index (χ3n) is 2.31. The van der Waals surface area contributed by atoms with Gasteiger partial charge in [0.1, 0.15) is 11.6 Å². The summed E-state index contributed by atoms with van der Waals surface area (Å²) < 4.78 is 0. The van der Waals surface area contributed by atoms with Gasteiger partial charge in [0.05, 0.1) is 13.1 Å². The molecule has 1 aromatic heterocycles. The Morgan fingerprint density at radius 1 is 1.26 bits per heavy atom. The molecule has 0 atom stereocenters. The van der Waals surface area contributed by atoms with Gasteiger partial charge in [-0.3, -0.25) is 9.59 Å². The largest absolute Gasteiger partial charge is 0.370 e. The number of aromatic nitrogens is 1. The zero-order valence-electron chi connectivity index (χ0n) is 10.9. The number of nitrogens with two attached hydrogens (primary N) is 2. The second kappa shape index (κ2) is 7.20. The lowest BCUT2D eigenvalue weighted by Crippen LogP contribution is -2.40. The molecule has 0 spiro atoms. The van der Waals surface area contributed by atoms with E-state index in [1.54, 1.807) is 12.1 Å². The Bertz CT molecular complexity index is 434. The van der Waals surface area contributed by atoms with E-state index in [1.165, 1.54) is 4.90 Å². The number of amides is 2. The molecular weight excluding hydrogens is 246 g/mol. The molecule has 0 saturated carbocycles. The summed E-state index contributed by atoms with van der Waals surface area (Å²) in [4.78, 5) is 27.8. The van der Waals surface area contributed by atoms with E-state index in [0.717, 1.165) is 13.0 Å². The van der Waals surface area contributed by atoms with Gasteiger partial charge in [0.2, 0.25) is 11.8 Å². The Kier molecular flexibility index (Phi) is 5.59. The second-order valence-corrected chi connectivity index (χ2v) is 4.10. The van der Waals surface area contributed by atoms with Crippen LogP contribution in [0.5, 0.6) is 0 Å². The van der Waals surface area contributed by atoms with E-state index in [2.05, 4.69) is 10.3 Å². The van der Waals surface area contributed by atoms with Crippen LogP contribution in [0.4, 0.5) is 11.6 Å². The van der Waals surface area contributed by atoms with Gasteiger partial charge >= 0.3 is 0 Å². The molecule has 0 radical (unpaired) electrons. The van der Waals surface area contributed by atoms with Crippen molar-refractivity contribution in [3.63, 3.8) is 0 Å². The molecule has 0 fully saturated rings. The Morgan fingerprint density at radius 3 is 2.42 bits per heavy atom. The quantitative estimate of drug-likeness (QED) is 0.596. The van der Waals surface area contributed by atoms with Gasteiger partial charge in [-0.15, -0.1) is 0 Å². The molecule has 0 aliphatic rings. The molecular formula is C12H19N5O2. The Morgan fingerprint density at radius 2 is 1.89 bits per heavy atom. The molecule has 0 saturated heterocycles. The maximum absolute atomic E-state index is 11.0. The fraction of sp³-hybridized carbons (Fsp3) is 0.417. The number of nitrogens with one attached hydrogen (secondary N) is 1. The van der Waals surface area contributed by atoms with Gasteiger partial charge in [0.25, 0.3) is 0 Å². The van der Waals surface area contributed by atoms with Gasteiger partial charge in [-0.1, -0.05) is 13.0 Å². The van der Waals surface area contributed by atoms with Crippen LogP contribution in [0, 0.1) is 0 Å². The summed E-state index contributed by atoms with van der Waals surface area (Å²) in [6.45, 7) is 2.63. The number of rotatable bonds is 8. The lowest BCUT2D eigenvalue weighted by molar-refractivity contribution is -0.117. The minimum absolute atomic E-state index is 0.104. The number of primary amides is 2. The third kappa shape index (κ3) is 5.24. The molecule has 0 bridgehead atoms. The molecule has 19 heavy (non-hydrogen) atoms. The lowest BCUT2D eigenvalue weighted by atomic mass is 10.3. The minimum atomic E-state index is -0.546. The molecule has 0 aromatic carbocycles. The van der Waals surface area contributed by atoms with Crippen molar-refractivity contribution in [3.8, 4) is 0 Å². The van der Waals surface area contributed by atoms with Crippen LogP contribution in [-0.2, 0) is 9.59 Å². The average Bonchev–Trinajstić information content (AvgIpc) is 2.35. The van der Waals surface area contributed by atoms with Crippen molar-refractivity contribution in [2.24, 2.45) is 11.5 Å². The third-order valence-corrected chi connectivity index (χ3v) is 2.31. The van der Waals surface area contributed by atoms with E-state index in [1.807, 2.05) is 13.0 Å². The van der Waals surface area contributed by atoms with Crippen LogP contribution in [0.2, 0.25) is 0 Å². The van der Waals surface area contributed by atoms with Crippen LogP contribution < -0.4 is 21.7 Å². The molecule has 0 aliphatic heterocycles. The van der Waals surface area contributed by atoms with Crippen LogP contribution in [0.15, 0.2) is 18.2 Å². The van der Waals surface area contributed by atoms with Crippen molar-refractivity contribution in [2.75, 3.05) is 29.9 Å². The standard InChI is InChI=1S/C12H19N5O2/c1-2-6-15-11-4-3-5-12(16-11)17(7-9(13)18)8-10(14)19/h3-5H,2,6-8H2,1H3,(H2,13,18)(H2,14,19)(H,15,16). The van der Waals surface area contributed by atoms with Crippen molar-refractivity contribution in [1.29, 1.82) is 0 Å². The maximum atomic E-state index is 11.0. The van der Waals surface area contributed by atoms with E-state index >= 15 is 0 Å². The van der Waals surface area contributed by atoms with E-state index in [9.17, 15) is 9.59 Å². The van der Waals surface area contributed by atoms with Crippen LogP contribution in [0.25, 0.3) is 0 Å². The first-order valence-corrected chi connectivity index (χ1v) is 6.05. The van der Waals surface area contributed by atoms with E-state index in [-0.39, 0.29) is 13.1 Å². The zero-order valence-corrected chi connectivity index (χ0v) is 10.9. The molecule has 0 aliphatic carbocycles. The van der Waals surface area contributed by atoms with Crippen molar-refractivity contribution >= 4 is 23.5 Å². The minimum Gasteiger partial charge on any atom is -0.370 e. The fourth-order valence-corrected chi connectivity index (χ4v) is 1.55. The normalized spacial score (nSPS) is 9.95. The van der Waals surface area contributed by atoms with Crippen molar-refractivity contribution in [2.45, 2.75) is 13.3 Å². The van der Waals surface area contributed by atoms with Gasteiger partial charge in [0, 0.05) is 6.54 Å². The molecule has 1 heterocycles. The van der Waals surface area contributed by atoms with E-state index in [4.69, 9.17) is 11.5 Å². The number of carbonyl (C=O) groups is 2. The number of pyridine rings is 1. The van der Waals surface area contributed by atoms with Crippen LogP contribution in [0.3, 0.4) is 0 Å². The Hall–Kier alpha value is -2.31. The number of hydrogen-bond donors (Lipinski definition) is 3. The molecule has 1 aromatic rings. The van der Waals surface area contributed by atoms with Crippen LogP contribution in [0.1, 0.15) is 13.3 Å². The molecule has 1 rings (SSSR count). The summed E-state index contributed by atoms with van der Waals surface area (Å²) in [5, 5.41) is 3.13. The topological polar surface area (TPSA) is 114 Å². The highest BCUT2D eigenvalue weighted by molar-refractivity contribution is 5.84. The molecule has 7 heteroatoms. The zero-order chi connectivity index (χ0) is 14.3. The smallest absolute Gasteiger partial charge is 0.237 e. The second-order valence-electron chi connectivity index (χ2n) is 4.10. The summed E-state index contributed by atoms with van der Waals surface area (Å²) in [7, 11) is 0. The highest BCUT2D eigenvalue weighted by atomic mass is 16.2. The molecule has 104 valence electrons. The molecule has 2 amide bonds. The molecule has 7 nitrogen and oxygen atoms in total. The SMILES string of the molecule is CCCNc1cccc(N(CC(N)=O)CC(N)=O)n1. The molecule has 5 N–H and O–H groups in total. The summed E-state index contributed by atoms with van der Waals surface area (Å²) >= 11 is 0. The van der Waals surface area contributed by atoms with Crippen molar-refractivity contribution in [3.05, 3.63) is 18.2 Å². The van der Waals surface area contributed by atoms with Crippen LogP contribution in [-0.4, -0.2) is 36.4 Å². The number of carbonyl (C=O) groups excluding carboxylic acids is 2. The monoisotopic (exact) mass is 265 g/mol. The first-order chi connectivity index (χ1) is 9.02. The first kappa shape index (κ1) is 14.7. The first-order valence-electron chi connectivity index (χ1n) is 6.05. The fourth-order valence-electron chi connectivity index (χ4n) is 1.55. The van der Waals surface area contributed by atoms with E-state index < -0.39 is 11.8 Å².